The Balaban J connectivity index is 2.29. The Labute approximate surface area is 122 Å². The average Bonchev–Trinajstić information content (AvgIpc) is 2.25. The second-order valence-corrected chi connectivity index (χ2v) is 7.97. The summed E-state index contributed by atoms with van der Waals surface area (Å²) in [5, 5.41) is 2.95. The zero-order chi connectivity index (χ0) is 15.2. The molecule has 0 aromatic rings. The molecule has 0 aromatic carbocycles. The molecule has 1 saturated carbocycles. The zero-order valence-corrected chi connectivity index (χ0v) is 13.6. The van der Waals surface area contributed by atoms with E-state index in [1.807, 2.05) is 39.5 Å². The van der Waals surface area contributed by atoms with Crippen molar-refractivity contribution in [3.05, 3.63) is 0 Å². The zero-order valence-electron chi connectivity index (χ0n) is 13.6. The third-order valence-electron chi connectivity index (χ3n) is 4.60. The minimum absolute atomic E-state index is 0.0130. The Morgan fingerprint density at radius 3 is 2.15 bits per heavy atom. The van der Waals surface area contributed by atoms with Crippen molar-refractivity contribution in [3.63, 3.8) is 0 Å². The quantitative estimate of drug-likeness (QED) is 0.843. The van der Waals surface area contributed by atoms with Gasteiger partial charge in [-0.05, 0) is 30.1 Å². The summed E-state index contributed by atoms with van der Waals surface area (Å²) < 4.78 is 0. The van der Waals surface area contributed by atoms with Crippen LogP contribution in [0.2, 0.25) is 0 Å². The van der Waals surface area contributed by atoms with Crippen molar-refractivity contribution in [3.8, 4) is 0 Å². The topological polar surface area (TPSA) is 49.4 Å². The molecular formula is C16H28N2O2. The minimum Gasteiger partial charge on any atom is -0.342 e. The molecular weight excluding hydrogens is 252 g/mol. The van der Waals surface area contributed by atoms with Gasteiger partial charge in [-0.2, -0.15) is 0 Å². The van der Waals surface area contributed by atoms with Crippen molar-refractivity contribution >= 4 is 11.8 Å². The molecule has 1 heterocycles. The molecule has 2 unspecified atom stereocenters. The average molecular weight is 280 g/mol. The van der Waals surface area contributed by atoms with Gasteiger partial charge < -0.3 is 10.2 Å². The first-order valence-electron chi connectivity index (χ1n) is 7.75. The highest BCUT2D eigenvalue weighted by molar-refractivity contribution is 5.97. The Bertz CT molecular complexity index is 405. The molecule has 0 bridgehead atoms. The predicted octanol–water partition coefficient (Wildman–Crippen LogP) is 2.18. The maximum absolute atomic E-state index is 12.9. The molecule has 2 fully saturated rings. The van der Waals surface area contributed by atoms with Gasteiger partial charge in [-0.25, -0.2) is 0 Å². The highest BCUT2D eigenvalue weighted by Crippen LogP contribution is 2.37. The Kier molecular flexibility index (Phi) is 3.87. The predicted molar refractivity (Wildman–Crippen MR) is 79.0 cm³/mol. The molecule has 1 N–H and O–H groups in total. The molecule has 1 aliphatic heterocycles. The molecule has 20 heavy (non-hydrogen) atoms. The van der Waals surface area contributed by atoms with E-state index in [9.17, 15) is 9.59 Å². The van der Waals surface area contributed by atoms with E-state index in [-0.39, 0.29) is 35.2 Å². The number of carbonyl (C=O) groups excluding carboxylic acids is 2. The Hall–Kier alpha value is -1.06. The minimum atomic E-state index is -0.402. The summed E-state index contributed by atoms with van der Waals surface area (Å²) in [5.41, 5.74) is -0.248. The summed E-state index contributed by atoms with van der Waals surface area (Å²) in [4.78, 5) is 27.3. The summed E-state index contributed by atoms with van der Waals surface area (Å²) in [6.45, 7) is 12.3. The summed E-state index contributed by atoms with van der Waals surface area (Å²) in [6.07, 6.45) is 2.05. The summed E-state index contributed by atoms with van der Waals surface area (Å²) in [7, 11) is 0. The number of piperazine rings is 1. The van der Waals surface area contributed by atoms with Crippen molar-refractivity contribution in [1.29, 1.82) is 0 Å². The van der Waals surface area contributed by atoms with E-state index in [0.717, 1.165) is 12.8 Å². The molecule has 4 heteroatoms. The number of nitrogens with one attached hydrogen (secondary N) is 1. The van der Waals surface area contributed by atoms with Crippen LogP contribution in [0.25, 0.3) is 0 Å². The fourth-order valence-corrected chi connectivity index (χ4v) is 3.41. The summed E-state index contributed by atoms with van der Waals surface area (Å²) in [6, 6.07) is -0.458. The number of nitrogens with zero attached hydrogens (tertiary/aromatic N) is 1. The number of rotatable bonds is 2. The smallest absolute Gasteiger partial charge is 0.246 e. The van der Waals surface area contributed by atoms with Crippen LogP contribution in [-0.4, -0.2) is 34.8 Å². The maximum atomic E-state index is 12.9. The van der Waals surface area contributed by atoms with Crippen LogP contribution in [0, 0.1) is 17.3 Å². The van der Waals surface area contributed by atoms with Gasteiger partial charge in [0.05, 0.1) is 0 Å². The van der Waals surface area contributed by atoms with Gasteiger partial charge in [0.25, 0.3) is 0 Å². The van der Waals surface area contributed by atoms with Crippen molar-refractivity contribution in [2.45, 2.75) is 72.5 Å². The van der Waals surface area contributed by atoms with Gasteiger partial charge in [0.15, 0.2) is 0 Å². The van der Waals surface area contributed by atoms with Gasteiger partial charge in [-0.1, -0.05) is 41.5 Å². The van der Waals surface area contributed by atoms with Crippen molar-refractivity contribution in [1.82, 2.24) is 10.2 Å². The first kappa shape index (κ1) is 15.3. The molecule has 0 aromatic heterocycles. The van der Waals surface area contributed by atoms with Crippen molar-refractivity contribution < 1.29 is 9.59 Å². The van der Waals surface area contributed by atoms with E-state index in [1.165, 1.54) is 0 Å². The van der Waals surface area contributed by atoms with Gasteiger partial charge in [-0.3, -0.25) is 9.59 Å². The monoisotopic (exact) mass is 280 g/mol. The molecule has 2 aliphatic rings. The van der Waals surface area contributed by atoms with Gasteiger partial charge >= 0.3 is 0 Å². The van der Waals surface area contributed by atoms with Crippen molar-refractivity contribution in [2.24, 2.45) is 17.3 Å². The van der Waals surface area contributed by atoms with Crippen LogP contribution in [0.5, 0.6) is 0 Å². The normalized spacial score (nSPS) is 35.0. The fourth-order valence-electron chi connectivity index (χ4n) is 3.41. The lowest BCUT2D eigenvalue weighted by Crippen LogP contribution is -2.70. The highest BCUT2D eigenvalue weighted by Gasteiger charge is 2.50. The van der Waals surface area contributed by atoms with Crippen LogP contribution in [0.3, 0.4) is 0 Å². The van der Waals surface area contributed by atoms with E-state index in [0.29, 0.717) is 5.92 Å². The van der Waals surface area contributed by atoms with Gasteiger partial charge in [0.2, 0.25) is 11.8 Å². The summed E-state index contributed by atoms with van der Waals surface area (Å²) in [5.74, 6) is 0.932. The van der Waals surface area contributed by atoms with E-state index in [2.05, 4.69) is 12.2 Å². The lowest BCUT2D eigenvalue weighted by molar-refractivity contribution is -0.160. The molecule has 4 nitrogen and oxygen atoms in total. The molecule has 2 rings (SSSR count). The molecule has 114 valence electrons. The standard InChI is InChI=1S/C16H28N2O2/c1-9(2)12-14(19)17-13(16(4,5)6)15(20)18(12)11-7-10(3)8-11/h9-13H,7-8H2,1-6H3,(H,17,19). The van der Waals surface area contributed by atoms with Crippen LogP contribution >= 0.6 is 0 Å². The van der Waals surface area contributed by atoms with E-state index >= 15 is 0 Å². The molecule has 0 radical (unpaired) electrons. The van der Waals surface area contributed by atoms with Gasteiger partial charge in [0, 0.05) is 6.04 Å². The lowest BCUT2D eigenvalue weighted by Gasteiger charge is -2.51. The first-order valence-corrected chi connectivity index (χ1v) is 7.75. The SMILES string of the molecule is CC1CC(N2C(=O)C(C(C)(C)C)NC(=O)C2C(C)C)C1. The third kappa shape index (κ3) is 2.57. The highest BCUT2D eigenvalue weighted by atomic mass is 16.2. The Morgan fingerprint density at radius 2 is 1.75 bits per heavy atom. The number of hydrogen-bond acceptors (Lipinski definition) is 2. The molecule has 0 spiro atoms. The first-order chi connectivity index (χ1) is 9.12. The summed E-state index contributed by atoms with van der Waals surface area (Å²) >= 11 is 0. The van der Waals surface area contributed by atoms with Crippen LogP contribution in [-0.2, 0) is 9.59 Å². The maximum Gasteiger partial charge on any atom is 0.246 e. The lowest BCUT2D eigenvalue weighted by atomic mass is 9.76. The third-order valence-corrected chi connectivity index (χ3v) is 4.60. The van der Waals surface area contributed by atoms with Crippen LogP contribution in [0.15, 0.2) is 0 Å². The largest absolute Gasteiger partial charge is 0.342 e. The number of hydrogen-bond donors (Lipinski definition) is 1. The number of carbonyl (C=O) groups is 2. The number of amides is 2. The van der Waals surface area contributed by atoms with Crippen LogP contribution in [0.4, 0.5) is 0 Å². The molecule has 2 amide bonds. The van der Waals surface area contributed by atoms with Gasteiger partial charge in [0.1, 0.15) is 12.1 Å². The molecule has 1 saturated heterocycles. The second-order valence-electron chi connectivity index (χ2n) is 7.97. The van der Waals surface area contributed by atoms with E-state index < -0.39 is 6.04 Å². The molecule has 1 aliphatic carbocycles. The van der Waals surface area contributed by atoms with E-state index in [1.54, 1.807) is 0 Å². The van der Waals surface area contributed by atoms with Crippen LogP contribution < -0.4 is 5.32 Å². The fraction of sp³-hybridized carbons (Fsp3) is 0.875. The van der Waals surface area contributed by atoms with Crippen molar-refractivity contribution in [2.75, 3.05) is 0 Å². The Morgan fingerprint density at radius 1 is 1.20 bits per heavy atom. The van der Waals surface area contributed by atoms with Gasteiger partial charge in [-0.15, -0.1) is 0 Å². The van der Waals surface area contributed by atoms with Crippen LogP contribution in [0.1, 0.15) is 54.4 Å². The molecule has 2 atom stereocenters. The van der Waals surface area contributed by atoms with E-state index in [4.69, 9.17) is 0 Å². The second kappa shape index (κ2) is 5.05.